The highest BCUT2D eigenvalue weighted by Crippen LogP contribution is 2.39. The third-order valence-corrected chi connectivity index (χ3v) is 3.24. The summed E-state index contributed by atoms with van der Waals surface area (Å²) in [6, 6.07) is 0. The van der Waals surface area contributed by atoms with Crippen LogP contribution in [0.3, 0.4) is 0 Å². The molecule has 2 aliphatic rings. The van der Waals surface area contributed by atoms with Crippen molar-refractivity contribution in [3.63, 3.8) is 0 Å². The normalized spacial score (nSPS) is 25.0. The van der Waals surface area contributed by atoms with Crippen LogP contribution in [0.15, 0.2) is 0 Å². The number of nitrogens with zero attached hydrogens (tertiary/aromatic N) is 2. The van der Waals surface area contributed by atoms with E-state index in [4.69, 9.17) is 0 Å². The standard InChI is InChI=1S/C11H20N2O/c1-9(2)4-12-5-11(6-12)7-13(8-11)10(3)14/h9H,4-8H2,1-3H3. The third kappa shape index (κ3) is 1.65. The van der Waals surface area contributed by atoms with E-state index in [0.717, 1.165) is 19.0 Å². The van der Waals surface area contributed by atoms with Gasteiger partial charge >= 0.3 is 0 Å². The lowest BCUT2D eigenvalue weighted by Crippen LogP contribution is -2.72. The molecule has 2 fully saturated rings. The Bertz CT molecular complexity index is 236. The highest BCUT2D eigenvalue weighted by molar-refractivity contribution is 5.74. The Balaban J connectivity index is 1.72. The molecule has 0 aromatic rings. The van der Waals surface area contributed by atoms with Gasteiger partial charge in [-0.1, -0.05) is 13.8 Å². The van der Waals surface area contributed by atoms with Crippen LogP contribution in [0.25, 0.3) is 0 Å². The fourth-order valence-corrected chi connectivity index (χ4v) is 2.73. The number of hydrogen-bond acceptors (Lipinski definition) is 2. The van der Waals surface area contributed by atoms with Gasteiger partial charge in [0.15, 0.2) is 0 Å². The molecule has 2 heterocycles. The summed E-state index contributed by atoms with van der Waals surface area (Å²) >= 11 is 0. The molecule has 0 aliphatic carbocycles. The molecular weight excluding hydrogens is 176 g/mol. The van der Waals surface area contributed by atoms with Gasteiger partial charge in [0, 0.05) is 45.1 Å². The first-order valence-corrected chi connectivity index (χ1v) is 5.49. The van der Waals surface area contributed by atoms with Gasteiger partial charge in [-0.3, -0.25) is 4.79 Å². The average Bonchev–Trinajstić information content (AvgIpc) is 1.89. The zero-order valence-corrected chi connectivity index (χ0v) is 9.42. The molecule has 1 amide bonds. The quantitative estimate of drug-likeness (QED) is 0.652. The molecule has 80 valence electrons. The predicted molar refractivity (Wildman–Crippen MR) is 56.0 cm³/mol. The van der Waals surface area contributed by atoms with E-state index in [2.05, 4.69) is 18.7 Å². The van der Waals surface area contributed by atoms with Gasteiger partial charge in [0.2, 0.25) is 5.91 Å². The second-order valence-electron chi connectivity index (χ2n) is 5.44. The molecule has 0 N–H and O–H groups in total. The molecule has 14 heavy (non-hydrogen) atoms. The van der Waals surface area contributed by atoms with Crippen molar-refractivity contribution in [2.24, 2.45) is 11.3 Å². The van der Waals surface area contributed by atoms with E-state index in [-0.39, 0.29) is 5.91 Å². The molecule has 0 unspecified atom stereocenters. The minimum Gasteiger partial charge on any atom is -0.341 e. The summed E-state index contributed by atoms with van der Waals surface area (Å²) in [4.78, 5) is 15.5. The highest BCUT2D eigenvalue weighted by atomic mass is 16.2. The van der Waals surface area contributed by atoms with Crippen molar-refractivity contribution in [2.45, 2.75) is 20.8 Å². The largest absolute Gasteiger partial charge is 0.341 e. The second kappa shape index (κ2) is 3.23. The van der Waals surface area contributed by atoms with Crippen LogP contribution in [-0.2, 0) is 4.79 Å². The Morgan fingerprint density at radius 1 is 1.29 bits per heavy atom. The van der Waals surface area contributed by atoms with Crippen LogP contribution in [0, 0.1) is 11.3 Å². The number of carbonyl (C=O) groups excluding carboxylic acids is 1. The monoisotopic (exact) mass is 196 g/mol. The number of rotatable bonds is 2. The van der Waals surface area contributed by atoms with Crippen molar-refractivity contribution in [3.05, 3.63) is 0 Å². The molecule has 0 atom stereocenters. The van der Waals surface area contributed by atoms with E-state index in [1.165, 1.54) is 19.6 Å². The Morgan fingerprint density at radius 2 is 1.86 bits per heavy atom. The second-order valence-corrected chi connectivity index (χ2v) is 5.44. The van der Waals surface area contributed by atoms with Crippen LogP contribution in [0.1, 0.15) is 20.8 Å². The minimum absolute atomic E-state index is 0.234. The average molecular weight is 196 g/mol. The van der Waals surface area contributed by atoms with Crippen LogP contribution in [0.5, 0.6) is 0 Å². The van der Waals surface area contributed by atoms with E-state index in [0.29, 0.717) is 5.41 Å². The molecule has 0 aromatic heterocycles. The molecule has 3 nitrogen and oxygen atoms in total. The molecule has 1 spiro atoms. The lowest BCUT2D eigenvalue weighted by atomic mass is 9.72. The van der Waals surface area contributed by atoms with Crippen molar-refractivity contribution in [1.82, 2.24) is 9.80 Å². The van der Waals surface area contributed by atoms with Gasteiger partial charge in [0.25, 0.3) is 0 Å². The first kappa shape index (κ1) is 9.97. The van der Waals surface area contributed by atoms with Crippen LogP contribution >= 0.6 is 0 Å². The summed E-state index contributed by atoms with van der Waals surface area (Å²) in [7, 11) is 0. The molecule has 2 aliphatic heterocycles. The fourth-order valence-electron chi connectivity index (χ4n) is 2.73. The van der Waals surface area contributed by atoms with Gasteiger partial charge in [-0.05, 0) is 5.92 Å². The van der Waals surface area contributed by atoms with Crippen LogP contribution in [0.2, 0.25) is 0 Å². The number of amides is 1. The minimum atomic E-state index is 0.234. The summed E-state index contributed by atoms with van der Waals surface area (Å²) in [6.07, 6.45) is 0. The Hall–Kier alpha value is -0.570. The van der Waals surface area contributed by atoms with Gasteiger partial charge < -0.3 is 9.80 Å². The van der Waals surface area contributed by atoms with Crippen molar-refractivity contribution < 1.29 is 4.79 Å². The first-order valence-electron chi connectivity index (χ1n) is 5.49. The number of likely N-dealkylation sites (tertiary alicyclic amines) is 2. The maximum atomic E-state index is 11.0. The molecule has 0 aromatic carbocycles. The topological polar surface area (TPSA) is 23.6 Å². The zero-order valence-electron chi connectivity index (χ0n) is 9.42. The predicted octanol–water partition coefficient (Wildman–Crippen LogP) is 0.806. The molecule has 2 rings (SSSR count). The van der Waals surface area contributed by atoms with Crippen LogP contribution in [0.4, 0.5) is 0 Å². The number of hydrogen-bond donors (Lipinski definition) is 0. The van der Waals surface area contributed by atoms with E-state index in [1.807, 2.05) is 4.90 Å². The Labute approximate surface area is 86.1 Å². The first-order chi connectivity index (χ1) is 6.51. The molecular formula is C11H20N2O. The highest BCUT2D eigenvalue weighted by Gasteiger charge is 2.52. The summed E-state index contributed by atoms with van der Waals surface area (Å²) < 4.78 is 0. The third-order valence-electron chi connectivity index (χ3n) is 3.24. The molecule has 0 bridgehead atoms. The molecule has 2 saturated heterocycles. The van der Waals surface area contributed by atoms with Gasteiger partial charge in [-0.2, -0.15) is 0 Å². The Kier molecular flexibility index (Phi) is 2.30. The van der Waals surface area contributed by atoms with E-state index < -0.39 is 0 Å². The maximum Gasteiger partial charge on any atom is 0.219 e. The lowest BCUT2D eigenvalue weighted by molar-refractivity contribution is -0.157. The molecule has 3 heteroatoms. The summed E-state index contributed by atoms with van der Waals surface area (Å²) in [5.74, 6) is 0.995. The van der Waals surface area contributed by atoms with Crippen LogP contribution < -0.4 is 0 Å². The van der Waals surface area contributed by atoms with E-state index in [9.17, 15) is 4.79 Å². The molecule has 0 radical (unpaired) electrons. The van der Waals surface area contributed by atoms with Crippen molar-refractivity contribution in [3.8, 4) is 0 Å². The Morgan fingerprint density at radius 3 is 2.29 bits per heavy atom. The summed E-state index contributed by atoms with van der Waals surface area (Å²) in [5, 5.41) is 0. The summed E-state index contributed by atoms with van der Waals surface area (Å²) in [6.45, 7) is 11.8. The van der Waals surface area contributed by atoms with Crippen LogP contribution in [-0.4, -0.2) is 48.4 Å². The number of carbonyl (C=O) groups is 1. The summed E-state index contributed by atoms with van der Waals surface area (Å²) in [5.41, 5.74) is 0.487. The SMILES string of the molecule is CC(=O)N1CC2(CN(CC(C)C)C2)C1. The van der Waals surface area contributed by atoms with E-state index in [1.54, 1.807) is 6.92 Å². The zero-order chi connectivity index (χ0) is 10.3. The molecule has 0 saturated carbocycles. The fraction of sp³-hybridized carbons (Fsp3) is 0.909. The maximum absolute atomic E-state index is 11.0. The van der Waals surface area contributed by atoms with Crippen molar-refractivity contribution in [2.75, 3.05) is 32.7 Å². The lowest BCUT2D eigenvalue weighted by Gasteiger charge is -2.60. The van der Waals surface area contributed by atoms with E-state index >= 15 is 0 Å². The van der Waals surface area contributed by atoms with Crippen molar-refractivity contribution >= 4 is 5.91 Å². The van der Waals surface area contributed by atoms with Crippen molar-refractivity contribution in [1.29, 1.82) is 0 Å². The van der Waals surface area contributed by atoms with Gasteiger partial charge in [-0.15, -0.1) is 0 Å². The van der Waals surface area contributed by atoms with Gasteiger partial charge in [0.1, 0.15) is 0 Å². The van der Waals surface area contributed by atoms with Gasteiger partial charge in [0.05, 0.1) is 0 Å². The van der Waals surface area contributed by atoms with Gasteiger partial charge in [-0.25, -0.2) is 0 Å². The smallest absolute Gasteiger partial charge is 0.219 e.